The normalized spacial score (nSPS) is 11.1. The second-order valence-corrected chi connectivity index (χ2v) is 2.59. The molecule has 0 spiro atoms. The number of rotatable bonds is 2. The first-order valence-corrected chi connectivity index (χ1v) is 3.68. The Morgan fingerprint density at radius 1 is 1.40 bits per heavy atom. The maximum Gasteiger partial charge on any atom is 0.573 e. The second kappa shape index (κ2) is 3.68. The maximum absolute atomic E-state index is 11.8. The topological polar surface area (TPSA) is 72.6 Å². The van der Waals surface area contributed by atoms with E-state index in [0.717, 1.165) is 18.2 Å². The number of alkyl halides is 3. The molecule has 0 aliphatic heterocycles. The molecule has 0 saturated heterocycles. The summed E-state index contributed by atoms with van der Waals surface area (Å²) in [7, 11) is 0. The predicted molar refractivity (Wildman–Crippen MR) is 43.3 cm³/mol. The van der Waals surface area contributed by atoms with Gasteiger partial charge in [-0.05, 0) is 18.2 Å². The van der Waals surface area contributed by atoms with Crippen molar-refractivity contribution in [2.24, 2.45) is 5.73 Å². The van der Waals surface area contributed by atoms with E-state index in [1.807, 2.05) is 0 Å². The lowest BCUT2D eigenvalue weighted by atomic mass is 10.2. The van der Waals surface area contributed by atoms with Crippen molar-refractivity contribution >= 4 is 5.91 Å². The molecule has 0 aliphatic rings. The van der Waals surface area contributed by atoms with Crippen LogP contribution in [0.15, 0.2) is 18.2 Å². The van der Waals surface area contributed by atoms with E-state index < -0.39 is 23.6 Å². The van der Waals surface area contributed by atoms with Gasteiger partial charge in [0, 0.05) is 0 Å². The molecule has 1 rings (SSSR count). The zero-order valence-corrected chi connectivity index (χ0v) is 7.21. The van der Waals surface area contributed by atoms with Gasteiger partial charge in [-0.1, -0.05) is 0 Å². The van der Waals surface area contributed by atoms with Crippen molar-refractivity contribution in [1.82, 2.24) is 0 Å². The minimum Gasteiger partial charge on any atom is -0.508 e. The zero-order chi connectivity index (χ0) is 11.6. The van der Waals surface area contributed by atoms with Crippen molar-refractivity contribution in [1.29, 1.82) is 0 Å². The molecule has 1 aromatic carbocycles. The van der Waals surface area contributed by atoms with Crippen molar-refractivity contribution < 1.29 is 27.8 Å². The minimum absolute atomic E-state index is 0.377. The highest BCUT2D eigenvalue weighted by atomic mass is 19.4. The predicted octanol–water partition coefficient (Wildman–Crippen LogP) is 1.39. The number of carbonyl (C=O) groups is 1. The SMILES string of the molecule is NC(=O)c1cc(O)ccc1OC(F)(F)F. The van der Waals surface area contributed by atoms with Crippen molar-refractivity contribution in [3.05, 3.63) is 23.8 Å². The van der Waals surface area contributed by atoms with Crippen LogP contribution in [0.3, 0.4) is 0 Å². The van der Waals surface area contributed by atoms with Crippen LogP contribution in [0.2, 0.25) is 0 Å². The number of hydrogen-bond donors (Lipinski definition) is 2. The molecular formula is C8H6F3NO3. The van der Waals surface area contributed by atoms with Gasteiger partial charge >= 0.3 is 6.36 Å². The molecule has 0 heterocycles. The Morgan fingerprint density at radius 2 is 2.00 bits per heavy atom. The Morgan fingerprint density at radius 3 is 2.47 bits per heavy atom. The number of halogens is 3. The van der Waals surface area contributed by atoms with Crippen LogP contribution < -0.4 is 10.5 Å². The molecule has 7 heteroatoms. The van der Waals surface area contributed by atoms with Gasteiger partial charge in [0.1, 0.15) is 11.5 Å². The standard InChI is InChI=1S/C8H6F3NO3/c9-8(10,11)15-6-2-1-4(13)3-5(6)7(12)14/h1-3,13H,(H2,12,14). The molecule has 0 bridgehead atoms. The van der Waals surface area contributed by atoms with Crippen LogP contribution in [0.5, 0.6) is 11.5 Å². The van der Waals surface area contributed by atoms with Crippen LogP contribution in [0, 0.1) is 0 Å². The monoisotopic (exact) mass is 221 g/mol. The lowest BCUT2D eigenvalue weighted by Crippen LogP contribution is -2.20. The molecule has 4 nitrogen and oxygen atoms in total. The smallest absolute Gasteiger partial charge is 0.508 e. The fourth-order valence-corrected chi connectivity index (χ4v) is 0.924. The summed E-state index contributed by atoms with van der Waals surface area (Å²) in [6, 6.07) is 2.56. The quantitative estimate of drug-likeness (QED) is 0.792. The highest BCUT2D eigenvalue weighted by Crippen LogP contribution is 2.28. The van der Waals surface area contributed by atoms with Gasteiger partial charge in [0.2, 0.25) is 0 Å². The number of nitrogens with two attached hydrogens (primary N) is 1. The van der Waals surface area contributed by atoms with E-state index in [-0.39, 0.29) is 5.75 Å². The van der Waals surface area contributed by atoms with E-state index in [1.54, 1.807) is 0 Å². The molecule has 3 N–H and O–H groups in total. The number of phenolic OH excluding ortho intramolecular Hbond substituents is 1. The van der Waals surface area contributed by atoms with Crippen LogP contribution in [0.4, 0.5) is 13.2 Å². The van der Waals surface area contributed by atoms with E-state index in [4.69, 9.17) is 10.8 Å². The second-order valence-electron chi connectivity index (χ2n) is 2.59. The highest BCUT2D eigenvalue weighted by Gasteiger charge is 2.32. The summed E-state index contributed by atoms with van der Waals surface area (Å²) in [5.74, 6) is -2.24. The molecule has 15 heavy (non-hydrogen) atoms. The lowest BCUT2D eigenvalue weighted by Gasteiger charge is -2.11. The third kappa shape index (κ3) is 3.04. The Kier molecular flexibility index (Phi) is 2.74. The average molecular weight is 221 g/mol. The molecule has 0 atom stereocenters. The fraction of sp³-hybridized carbons (Fsp3) is 0.125. The van der Waals surface area contributed by atoms with Crippen LogP contribution in [-0.2, 0) is 0 Å². The van der Waals surface area contributed by atoms with Crippen LogP contribution in [0.1, 0.15) is 10.4 Å². The summed E-state index contributed by atoms with van der Waals surface area (Å²) in [6.07, 6.45) is -4.92. The summed E-state index contributed by atoms with van der Waals surface area (Å²) in [6.45, 7) is 0. The Hall–Kier alpha value is -1.92. The van der Waals surface area contributed by atoms with Gasteiger partial charge < -0.3 is 15.6 Å². The van der Waals surface area contributed by atoms with E-state index in [1.165, 1.54) is 0 Å². The van der Waals surface area contributed by atoms with Crippen molar-refractivity contribution in [3.8, 4) is 11.5 Å². The van der Waals surface area contributed by atoms with Crippen molar-refractivity contribution in [3.63, 3.8) is 0 Å². The zero-order valence-electron chi connectivity index (χ0n) is 7.21. The van der Waals surface area contributed by atoms with E-state index in [2.05, 4.69) is 4.74 Å². The molecule has 0 saturated carbocycles. The number of ether oxygens (including phenoxy) is 1. The van der Waals surface area contributed by atoms with Crippen LogP contribution in [-0.4, -0.2) is 17.4 Å². The molecule has 0 fully saturated rings. The number of carbonyl (C=O) groups excluding carboxylic acids is 1. The van der Waals surface area contributed by atoms with Gasteiger partial charge in [-0.25, -0.2) is 0 Å². The fourth-order valence-electron chi connectivity index (χ4n) is 0.924. The van der Waals surface area contributed by atoms with Crippen molar-refractivity contribution in [2.45, 2.75) is 6.36 Å². The number of phenols is 1. The number of hydrogen-bond acceptors (Lipinski definition) is 3. The molecular weight excluding hydrogens is 215 g/mol. The van der Waals surface area contributed by atoms with Crippen LogP contribution >= 0.6 is 0 Å². The first-order chi connectivity index (χ1) is 6.79. The van der Waals surface area contributed by atoms with Gasteiger partial charge in [0.15, 0.2) is 0 Å². The van der Waals surface area contributed by atoms with Crippen molar-refractivity contribution in [2.75, 3.05) is 0 Å². The third-order valence-corrected chi connectivity index (χ3v) is 1.45. The summed E-state index contributed by atoms with van der Waals surface area (Å²) in [4.78, 5) is 10.7. The largest absolute Gasteiger partial charge is 0.573 e. The first-order valence-electron chi connectivity index (χ1n) is 3.68. The average Bonchev–Trinajstić information content (AvgIpc) is 2.05. The summed E-state index contributed by atoms with van der Waals surface area (Å²) < 4.78 is 39.1. The Labute approximate surface area is 82.1 Å². The molecule has 82 valence electrons. The summed E-state index contributed by atoms with van der Waals surface area (Å²) in [5, 5.41) is 8.94. The number of aromatic hydroxyl groups is 1. The van der Waals surface area contributed by atoms with Gasteiger partial charge in [-0.15, -0.1) is 13.2 Å². The molecule has 0 unspecified atom stereocenters. The molecule has 0 radical (unpaired) electrons. The first kappa shape index (κ1) is 11.2. The van der Waals surface area contributed by atoms with Gasteiger partial charge in [-0.2, -0.15) is 0 Å². The van der Waals surface area contributed by atoms with E-state index >= 15 is 0 Å². The molecule has 0 aromatic heterocycles. The van der Waals surface area contributed by atoms with Gasteiger partial charge in [0.25, 0.3) is 5.91 Å². The van der Waals surface area contributed by atoms with Gasteiger partial charge in [0.05, 0.1) is 5.56 Å². The van der Waals surface area contributed by atoms with Gasteiger partial charge in [-0.3, -0.25) is 4.79 Å². The highest BCUT2D eigenvalue weighted by molar-refractivity contribution is 5.96. The maximum atomic E-state index is 11.8. The van der Waals surface area contributed by atoms with Crippen LogP contribution in [0.25, 0.3) is 0 Å². The summed E-state index contributed by atoms with van der Waals surface area (Å²) in [5.41, 5.74) is 4.27. The number of primary amides is 1. The van der Waals surface area contributed by atoms with E-state index in [0.29, 0.717) is 0 Å². The third-order valence-electron chi connectivity index (χ3n) is 1.45. The molecule has 0 aliphatic carbocycles. The lowest BCUT2D eigenvalue weighted by molar-refractivity contribution is -0.274. The number of benzene rings is 1. The van der Waals surface area contributed by atoms with E-state index in [9.17, 15) is 18.0 Å². The summed E-state index contributed by atoms with van der Waals surface area (Å²) >= 11 is 0. The molecule has 1 amide bonds. The Bertz CT molecular complexity index is 389. The Balaban J connectivity index is 3.12. The molecule has 1 aromatic rings. The number of amides is 1. The minimum atomic E-state index is -4.92.